The van der Waals surface area contributed by atoms with E-state index in [0.29, 0.717) is 45.6 Å². The minimum Gasteiger partial charge on any atom is -0.361 e. The molecule has 4 N–H and O–H groups in total. The molecule has 1 saturated heterocycles. The number of aromatic amines is 1. The van der Waals surface area contributed by atoms with Gasteiger partial charge in [-0.05, 0) is 34.4 Å². The Labute approximate surface area is 204 Å². The molecular weight excluding hydrogens is 438 g/mol. The first-order chi connectivity index (χ1) is 17.1. The summed E-state index contributed by atoms with van der Waals surface area (Å²) in [7, 11) is 0. The summed E-state index contributed by atoms with van der Waals surface area (Å²) in [6.07, 6.45) is 3.18. The summed E-state index contributed by atoms with van der Waals surface area (Å²) >= 11 is 0. The number of nitrogens with one attached hydrogen (secondary N) is 2. The Kier molecular flexibility index (Phi) is 6.68. The number of para-hydroxylation sites is 1. The largest absolute Gasteiger partial charge is 0.361 e. The standard InChI is InChI=1S/C28H31N5O2/c29-12-14-32-15-16-33(28(32)35)26(18-20-9-10-21-5-1-2-6-22(21)17-20)27(34)30-13-11-23-19-31-25-8-4-3-7-24(23)25/h1-10,17,19,26,31H,11-16,18,29H2,(H,30,34)/t26-/m1/s1. The van der Waals surface area contributed by atoms with E-state index in [1.807, 2.05) is 42.6 Å². The fourth-order valence-electron chi connectivity index (χ4n) is 4.96. The highest BCUT2D eigenvalue weighted by Gasteiger charge is 2.36. The number of benzene rings is 3. The van der Waals surface area contributed by atoms with Crippen LogP contribution < -0.4 is 11.1 Å². The van der Waals surface area contributed by atoms with Gasteiger partial charge in [0, 0.05) is 56.2 Å². The number of rotatable bonds is 9. The lowest BCUT2D eigenvalue weighted by Gasteiger charge is -2.27. The van der Waals surface area contributed by atoms with Gasteiger partial charge >= 0.3 is 6.03 Å². The number of H-pyrrole nitrogens is 1. The van der Waals surface area contributed by atoms with E-state index >= 15 is 0 Å². The SMILES string of the molecule is NCCN1CCN([C@H](Cc2ccc3ccccc3c2)C(=O)NCCc2c[nH]c3ccccc23)C1=O. The summed E-state index contributed by atoms with van der Waals surface area (Å²) in [5, 5.41) is 6.55. The fourth-order valence-corrected chi connectivity index (χ4v) is 4.96. The summed E-state index contributed by atoms with van der Waals surface area (Å²) in [4.78, 5) is 33.2. The van der Waals surface area contributed by atoms with Crippen molar-refractivity contribution in [1.29, 1.82) is 0 Å². The predicted molar refractivity (Wildman–Crippen MR) is 139 cm³/mol. The van der Waals surface area contributed by atoms with Crippen molar-refractivity contribution in [3.05, 3.63) is 84.1 Å². The van der Waals surface area contributed by atoms with E-state index in [4.69, 9.17) is 5.73 Å². The van der Waals surface area contributed by atoms with Crippen molar-refractivity contribution in [1.82, 2.24) is 20.1 Å². The third-order valence-corrected chi connectivity index (χ3v) is 6.82. The second kappa shape index (κ2) is 10.2. The summed E-state index contributed by atoms with van der Waals surface area (Å²) in [5.41, 5.74) is 8.97. The normalized spacial score (nSPS) is 14.7. The number of nitrogens with zero attached hydrogens (tertiary/aromatic N) is 2. The summed E-state index contributed by atoms with van der Waals surface area (Å²) < 4.78 is 0. The highest BCUT2D eigenvalue weighted by molar-refractivity contribution is 5.89. The minimum atomic E-state index is -0.575. The van der Waals surface area contributed by atoms with Crippen LogP contribution in [0.3, 0.4) is 0 Å². The van der Waals surface area contributed by atoms with Gasteiger partial charge in [-0.2, -0.15) is 0 Å². The molecule has 180 valence electrons. The van der Waals surface area contributed by atoms with Gasteiger partial charge in [0.05, 0.1) is 0 Å². The first kappa shape index (κ1) is 22.9. The zero-order valence-corrected chi connectivity index (χ0v) is 19.7. The van der Waals surface area contributed by atoms with Crippen LogP contribution in [0.25, 0.3) is 21.7 Å². The molecule has 0 aliphatic carbocycles. The van der Waals surface area contributed by atoms with Gasteiger partial charge in [-0.3, -0.25) is 4.79 Å². The second-order valence-corrected chi connectivity index (χ2v) is 9.05. The van der Waals surface area contributed by atoms with Gasteiger partial charge in [0.15, 0.2) is 0 Å². The van der Waals surface area contributed by atoms with Crippen molar-refractivity contribution in [2.24, 2.45) is 5.73 Å². The molecule has 1 aromatic heterocycles. The van der Waals surface area contributed by atoms with Crippen molar-refractivity contribution in [3.63, 3.8) is 0 Å². The van der Waals surface area contributed by atoms with Gasteiger partial charge in [-0.25, -0.2) is 4.79 Å². The van der Waals surface area contributed by atoms with Gasteiger partial charge in [-0.15, -0.1) is 0 Å². The van der Waals surface area contributed by atoms with Crippen LogP contribution >= 0.6 is 0 Å². The molecule has 0 radical (unpaired) electrons. The molecule has 1 fully saturated rings. The van der Waals surface area contributed by atoms with Crippen LogP contribution in [0.15, 0.2) is 72.9 Å². The molecule has 1 aliphatic heterocycles. The number of nitrogens with two attached hydrogens (primary N) is 1. The van der Waals surface area contributed by atoms with E-state index in [-0.39, 0.29) is 11.9 Å². The van der Waals surface area contributed by atoms with Crippen LogP contribution in [0, 0.1) is 0 Å². The molecule has 5 rings (SSSR count). The molecule has 0 spiro atoms. The molecule has 3 aromatic carbocycles. The fraction of sp³-hybridized carbons (Fsp3) is 0.286. The maximum atomic E-state index is 13.4. The molecule has 0 saturated carbocycles. The number of hydrogen-bond donors (Lipinski definition) is 3. The number of aromatic nitrogens is 1. The Morgan fingerprint density at radius 2 is 1.83 bits per heavy atom. The molecule has 0 bridgehead atoms. The van der Waals surface area contributed by atoms with Crippen molar-refractivity contribution >= 4 is 33.6 Å². The number of carbonyl (C=O) groups is 2. The average molecular weight is 470 g/mol. The molecule has 3 amide bonds. The van der Waals surface area contributed by atoms with Crippen LogP contribution in [-0.2, 0) is 17.6 Å². The molecule has 4 aromatic rings. The van der Waals surface area contributed by atoms with Crippen molar-refractivity contribution in [2.45, 2.75) is 18.9 Å². The Balaban J connectivity index is 1.32. The van der Waals surface area contributed by atoms with Gasteiger partial charge in [0.25, 0.3) is 0 Å². The third kappa shape index (κ3) is 4.86. The molecule has 1 aliphatic rings. The van der Waals surface area contributed by atoms with E-state index in [9.17, 15) is 9.59 Å². The van der Waals surface area contributed by atoms with Crippen LogP contribution in [0.2, 0.25) is 0 Å². The first-order valence-electron chi connectivity index (χ1n) is 12.2. The topological polar surface area (TPSA) is 94.5 Å². The van der Waals surface area contributed by atoms with E-state index in [2.05, 4.69) is 40.6 Å². The lowest BCUT2D eigenvalue weighted by atomic mass is 10.00. The molecule has 7 nitrogen and oxygen atoms in total. The monoisotopic (exact) mass is 469 g/mol. The van der Waals surface area contributed by atoms with Crippen LogP contribution in [-0.4, -0.2) is 65.5 Å². The second-order valence-electron chi connectivity index (χ2n) is 9.05. The molecule has 7 heteroatoms. The predicted octanol–water partition coefficient (Wildman–Crippen LogP) is 3.29. The van der Waals surface area contributed by atoms with Gasteiger partial charge in [0.1, 0.15) is 6.04 Å². The number of urea groups is 1. The van der Waals surface area contributed by atoms with Crippen molar-refractivity contribution in [2.75, 3.05) is 32.7 Å². The number of amides is 3. The quantitative estimate of drug-likeness (QED) is 0.351. The minimum absolute atomic E-state index is 0.118. The molecule has 1 atom stereocenters. The summed E-state index contributed by atoms with van der Waals surface area (Å²) in [6.45, 7) is 2.52. The highest BCUT2D eigenvalue weighted by atomic mass is 16.2. The number of fused-ring (bicyclic) bond motifs is 2. The van der Waals surface area contributed by atoms with E-state index < -0.39 is 6.04 Å². The van der Waals surface area contributed by atoms with Crippen LogP contribution in [0.4, 0.5) is 4.79 Å². The van der Waals surface area contributed by atoms with Crippen LogP contribution in [0.5, 0.6) is 0 Å². The lowest BCUT2D eigenvalue weighted by molar-refractivity contribution is -0.125. The maximum absolute atomic E-state index is 13.4. The highest BCUT2D eigenvalue weighted by Crippen LogP contribution is 2.21. The molecule has 2 heterocycles. The zero-order chi connectivity index (χ0) is 24.2. The van der Waals surface area contributed by atoms with Gasteiger partial charge in [-0.1, -0.05) is 60.7 Å². The molecule has 35 heavy (non-hydrogen) atoms. The van der Waals surface area contributed by atoms with Crippen molar-refractivity contribution < 1.29 is 9.59 Å². The smallest absolute Gasteiger partial charge is 0.320 e. The number of carbonyl (C=O) groups excluding carboxylic acids is 2. The molecule has 0 unspecified atom stereocenters. The lowest BCUT2D eigenvalue weighted by Crippen LogP contribution is -2.50. The number of hydrogen-bond acceptors (Lipinski definition) is 3. The Morgan fingerprint density at radius 3 is 2.69 bits per heavy atom. The zero-order valence-electron chi connectivity index (χ0n) is 19.7. The Morgan fingerprint density at radius 1 is 1.03 bits per heavy atom. The van der Waals surface area contributed by atoms with Gasteiger partial charge in [0.2, 0.25) is 5.91 Å². The first-order valence-corrected chi connectivity index (χ1v) is 12.2. The van der Waals surface area contributed by atoms with Gasteiger partial charge < -0.3 is 25.8 Å². The van der Waals surface area contributed by atoms with E-state index in [1.165, 1.54) is 10.9 Å². The van der Waals surface area contributed by atoms with Crippen molar-refractivity contribution in [3.8, 4) is 0 Å². The van der Waals surface area contributed by atoms with E-state index in [1.54, 1.807) is 9.80 Å². The van der Waals surface area contributed by atoms with E-state index in [0.717, 1.165) is 21.9 Å². The summed E-state index contributed by atoms with van der Waals surface area (Å²) in [6, 6.07) is 21.9. The Bertz CT molecular complexity index is 1350. The third-order valence-electron chi connectivity index (χ3n) is 6.82. The van der Waals surface area contributed by atoms with Crippen LogP contribution in [0.1, 0.15) is 11.1 Å². The summed E-state index contributed by atoms with van der Waals surface area (Å²) in [5.74, 6) is -0.124. The average Bonchev–Trinajstić information content (AvgIpc) is 3.46. The molecular formula is C28H31N5O2. The maximum Gasteiger partial charge on any atom is 0.320 e. The Hall–Kier alpha value is -3.84.